The van der Waals surface area contributed by atoms with Crippen LogP contribution in [0.4, 0.5) is 0 Å². The summed E-state index contributed by atoms with van der Waals surface area (Å²) in [5.74, 6) is 9.28. The van der Waals surface area contributed by atoms with Gasteiger partial charge in [-0.05, 0) is 80.5 Å². The van der Waals surface area contributed by atoms with Crippen LogP contribution in [0.25, 0.3) is 0 Å². The fourth-order valence-corrected chi connectivity index (χ4v) is 9.36. The highest BCUT2D eigenvalue weighted by Crippen LogP contribution is 2.69. The average Bonchev–Trinajstić information content (AvgIpc) is 3.08. The van der Waals surface area contributed by atoms with Crippen molar-refractivity contribution in [1.29, 1.82) is 0 Å². The lowest BCUT2D eigenvalue weighted by Gasteiger charge is -2.58. The SMILES string of the molecule is C[C@]12C[C@@](O)(C#C[Si](C)(C)C)CC1CCC1C2CC[C@@]2(C)C1CC[C@@]2(O)C#C[Si](C)(C)C. The van der Waals surface area contributed by atoms with Crippen molar-refractivity contribution >= 4 is 16.1 Å². The van der Waals surface area contributed by atoms with E-state index in [2.05, 4.69) is 76.1 Å². The van der Waals surface area contributed by atoms with Crippen LogP contribution < -0.4 is 0 Å². The lowest BCUT2D eigenvalue weighted by molar-refractivity contribution is -0.120. The lowest BCUT2D eigenvalue weighted by Crippen LogP contribution is -2.54. The van der Waals surface area contributed by atoms with Crippen LogP contribution in [0.15, 0.2) is 0 Å². The van der Waals surface area contributed by atoms with Crippen LogP contribution in [0.1, 0.15) is 65.2 Å². The first kappa shape index (κ1) is 24.6. The largest absolute Gasteiger partial charge is 0.378 e. The fourth-order valence-electron chi connectivity index (χ4n) is 8.17. The minimum atomic E-state index is -1.52. The van der Waals surface area contributed by atoms with E-state index in [1.165, 1.54) is 19.3 Å². The zero-order chi connectivity index (χ0) is 23.8. The molecule has 4 saturated carbocycles. The number of fused-ring (bicyclic) bond motifs is 5. The van der Waals surface area contributed by atoms with Crippen LogP contribution in [-0.4, -0.2) is 37.6 Å². The molecule has 4 fully saturated rings. The topological polar surface area (TPSA) is 40.5 Å². The van der Waals surface area contributed by atoms with E-state index in [0.717, 1.165) is 32.1 Å². The van der Waals surface area contributed by atoms with Crippen LogP contribution in [0.5, 0.6) is 0 Å². The number of aliphatic hydroxyl groups is 2. The Morgan fingerprint density at radius 2 is 1.34 bits per heavy atom. The number of hydrogen-bond donors (Lipinski definition) is 2. The Hall–Kier alpha value is -0.526. The molecule has 4 aliphatic rings. The molecule has 4 heteroatoms. The number of rotatable bonds is 0. The van der Waals surface area contributed by atoms with Gasteiger partial charge in [0.15, 0.2) is 0 Å². The molecule has 0 aliphatic heterocycles. The molecule has 0 bridgehead atoms. The second kappa shape index (κ2) is 7.48. The summed E-state index contributed by atoms with van der Waals surface area (Å²) in [4.78, 5) is 0. The van der Waals surface area contributed by atoms with Gasteiger partial charge in [-0.25, -0.2) is 0 Å². The Morgan fingerprint density at radius 1 is 0.750 bits per heavy atom. The molecular weight excluding hydrogens is 424 g/mol. The van der Waals surface area contributed by atoms with Gasteiger partial charge in [0.25, 0.3) is 0 Å². The van der Waals surface area contributed by atoms with Crippen molar-refractivity contribution < 1.29 is 10.2 Å². The maximum absolute atomic E-state index is 11.8. The molecule has 4 aliphatic carbocycles. The summed E-state index contributed by atoms with van der Waals surface area (Å²) in [7, 11) is -3.03. The average molecular weight is 471 g/mol. The van der Waals surface area contributed by atoms with Crippen LogP contribution >= 0.6 is 0 Å². The van der Waals surface area contributed by atoms with Crippen molar-refractivity contribution in [2.24, 2.45) is 34.5 Å². The normalized spacial score (nSPS) is 47.9. The Balaban J connectivity index is 1.60. The molecule has 4 rings (SSSR count). The maximum atomic E-state index is 11.8. The smallest absolute Gasteiger partial charge is 0.130 e. The van der Waals surface area contributed by atoms with Crippen LogP contribution in [0, 0.1) is 57.4 Å². The molecule has 0 aromatic rings. The van der Waals surface area contributed by atoms with Gasteiger partial charge in [0.2, 0.25) is 0 Å². The van der Waals surface area contributed by atoms with E-state index < -0.39 is 27.3 Å². The van der Waals surface area contributed by atoms with Crippen molar-refractivity contribution in [2.45, 2.75) is 116 Å². The van der Waals surface area contributed by atoms with E-state index in [9.17, 15) is 10.2 Å². The number of hydrogen-bond acceptors (Lipinski definition) is 2. The third-order valence-corrected chi connectivity index (χ3v) is 11.5. The molecule has 4 unspecified atom stereocenters. The molecule has 0 heterocycles. The minimum absolute atomic E-state index is 0.0867. The van der Waals surface area contributed by atoms with Gasteiger partial charge in [0.1, 0.15) is 27.3 Å². The molecule has 0 spiro atoms. The van der Waals surface area contributed by atoms with Crippen molar-refractivity contribution in [3.8, 4) is 22.9 Å². The maximum Gasteiger partial charge on any atom is 0.130 e. The highest BCUT2D eigenvalue weighted by molar-refractivity contribution is 6.84. The van der Waals surface area contributed by atoms with Gasteiger partial charge in [0, 0.05) is 5.41 Å². The van der Waals surface area contributed by atoms with Crippen molar-refractivity contribution in [3.63, 3.8) is 0 Å². The van der Waals surface area contributed by atoms with Crippen molar-refractivity contribution in [2.75, 3.05) is 0 Å². The lowest BCUT2D eigenvalue weighted by atomic mass is 9.47. The van der Waals surface area contributed by atoms with Crippen LogP contribution in [0.3, 0.4) is 0 Å². The standard InChI is InChI=1S/C28H46O2Si2/c1-25-20-27(29,15-17-31(3,4)5)19-21(25)9-10-22-23(25)11-13-26(2)24(22)12-14-28(26,30)16-18-32(6,7)8/h21-24,29-30H,9-14,19-20H2,1-8H3/t21?,22?,23?,24?,25-,26-,27+,28+/m0/s1. The highest BCUT2D eigenvalue weighted by Gasteiger charge is 2.66. The third kappa shape index (κ3) is 4.09. The molecular formula is C28H46O2Si2. The van der Waals surface area contributed by atoms with Gasteiger partial charge < -0.3 is 10.2 Å². The van der Waals surface area contributed by atoms with E-state index in [4.69, 9.17) is 0 Å². The first-order chi connectivity index (χ1) is 14.5. The summed E-state index contributed by atoms with van der Waals surface area (Å²) in [5.41, 5.74) is 5.46. The zero-order valence-electron chi connectivity index (χ0n) is 21.9. The molecule has 178 valence electrons. The minimum Gasteiger partial charge on any atom is -0.378 e. The van der Waals surface area contributed by atoms with Crippen molar-refractivity contribution in [3.05, 3.63) is 0 Å². The van der Waals surface area contributed by atoms with E-state index in [1.54, 1.807) is 0 Å². The van der Waals surface area contributed by atoms with E-state index in [1.807, 2.05) is 0 Å². The molecule has 8 atom stereocenters. The molecule has 0 saturated heterocycles. The predicted octanol–water partition coefficient (Wildman–Crippen LogP) is 5.86. The summed E-state index contributed by atoms with van der Waals surface area (Å²) in [5, 5.41) is 23.3. The van der Waals surface area contributed by atoms with Gasteiger partial charge in [-0.2, -0.15) is 0 Å². The van der Waals surface area contributed by atoms with Crippen LogP contribution in [-0.2, 0) is 0 Å². The molecule has 0 aromatic heterocycles. The molecule has 32 heavy (non-hydrogen) atoms. The van der Waals surface area contributed by atoms with E-state index >= 15 is 0 Å². The Morgan fingerprint density at radius 3 is 1.97 bits per heavy atom. The van der Waals surface area contributed by atoms with Crippen LogP contribution in [0.2, 0.25) is 39.3 Å². The van der Waals surface area contributed by atoms with Gasteiger partial charge in [0.05, 0.1) is 0 Å². The van der Waals surface area contributed by atoms with E-state index in [-0.39, 0.29) is 10.8 Å². The van der Waals surface area contributed by atoms with E-state index in [0.29, 0.717) is 23.7 Å². The molecule has 0 amide bonds. The molecule has 0 aromatic carbocycles. The highest BCUT2D eigenvalue weighted by atomic mass is 28.3. The second-order valence-corrected chi connectivity index (χ2v) is 23.9. The Labute approximate surface area is 199 Å². The van der Waals surface area contributed by atoms with Gasteiger partial charge in [-0.1, -0.05) is 65.0 Å². The fraction of sp³-hybridized carbons (Fsp3) is 0.857. The summed E-state index contributed by atoms with van der Waals surface area (Å²) in [6.07, 6.45) is 8.33. The molecule has 2 nitrogen and oxygen atoms in total. The molecule has 2 N–H and O–H groups in total. The summed E-state index contributed by atoms with van der Waals surface area (Å²) in [6.45, 7) is 18.4. The molecule has 0 radical (unpaired) electrons. The summed E-state index contributed by atoms with van der Waals surface area (Å²) >= 11 is 0. The Bertz CT molecular complexity index is 893. The quantitative estimate of drug-likeness (QED) is 0.344. The second-order valence-electron chi connectivity index (χ2n) is 14.4. The summed E-state index contributed by atoms with van der Waals surface area (Å²) < 4.78 is 0. The predicted molar refractivity (Wildman–Crippen MR) is 139 cm³/mol. The summed E-state index contributed by atoms with van der Waals surface area (Å²) in [6, 6.07) is 0. The van der Waals surface area contributed by atoms with Gasteiger partial charge in [-0.15, -0.1) is 11.1 Å². The van der Waals surface area contributed by atoms with Gasteiger partial charge in [-0.3, -0.25) is 0 Å². The van der Waals surface area contributed by atoms with Gasteiger partial charge >= 0.3 is 0 Å². The zero-order valence-corrected chi connectivity index (χ0v) is 23.9. The van der Waals surface area contributed by atoms with Crippen molar-refractivity contribution in [1.82, 2.24) is 0 Å². The third-order valence-electron chi connectivity index (χ3n) is 9.79. The first-order valence-electron chi connectivity index (χ1n) is 13.0. The Kier molecular flexibility index (Phi) is 5.75. The first-order valence-corrected chi connectivity index (χ1v) is 20.0. The monoisotopic (exact) mass is 470 g/mol.